The number of nitrogens with zero attached hydrogens (tertiary/aromatic N) is 1. The average Bonchev–Trinajstić information content (AvgIpc) is 2.67. The van der Waals surface area contributed by atoms with Crippen LogP contribution in [0.1, 0.15) is 29.5 Å². The highest BCUT2D eigenvalue weighted by Gasteiger charge is 2.33. The quantitative estimate of drug-likeness (QED) is 0.380. The molecule has 0 saturated carbocycles. The fourth-order valence-electron chi connectivity index (χ4n) is 2.69. The molecule has 0 heterocycles. The second-order valence-electron chi connectivity index (χ2n) is 6.17. The van der Waals surface area contributed by atoms with Crippen LogP contribution in [-0.2, 0) is 12.7 Å². The Hall–Kier alpha value is -2.61. The van der Waals surface area contributed by atoms with E-state index in [0.717, 1.165) is 17.7 Å². The van der Waals surface area contributed by atoms with Crippen molar-refractivity contribution in [2.24, 2.45) is 4.99 Å². The summed E-state index contributed by atoms with van der Waals surface area (Å²) < 4.78 is 52.6. The van der Waals surface area contributed by atoms with E-state index >= 15 is 0 Å². The zero-order valence-electron chi connectivity index (χ0n) is 15.4. The van der Waals surface area contributed by atoms with Crippen molar-refractivity contribution < 1.29 is 22.7 Å². The van der Waals surface area contributed by atoms with Gasteiger partial charge in [0.2, 0.25) is 0 Å². The third-order valence-electron chi connectivity index (χ3n) is 4.14. The molecule has 0 radical (unpaired) electrons. The topological polar surface area (TPSA) is 56.7 Å². The molecule has 0 saturated heterocycles. The van der Waals surface area contributed by atoms with Crippen LogP contribution in [-0.4, -0.2) is 30.8 Å². The molecule has 4 nitrogen and oxygen atoms in total. The summed E-state index contributed by atoms with van der Waals surface area (Å²) >= 11 is 0. The van der Waals surface area contributed by atoms with Crippen LogP contribution in [0.2, 0.25) is 0 Å². The van der Waals surface area contributed by atoms with E-state index in [1.54, 1.807) is 0 Å². The molecule has 0 bridgehead atoms. The molecule has 0 spiro atoms. The smallest absolute Gasteiger partial charge is 0.396 e. The number of aliphatic hydroxyl groups excluding tert-OH is 1. The van der Waals surface area contributed by atoms with Crippen LogP contribution in [0.15, 0.2) is 53.5 Å². The van der Waals surface area contributed by atoms with Crippen molar-refractivity contribution in [3.63, 3.8) is 0 Å². The molecule has 2 rings (SSSR count). The Morgan fingerprint density at radius 1 is 1.11 bits per heavy atom. The summed E-state index contributed by atoms with van der Waals surface area (Å²) in [6.07, 6.45) is -4.66. The first-order valence-corrected chi connectivity index (χ1v) is 8.88. The van der Waals surface area contributed by atoms with Gasteiger partial charge in [-0.25, -0.2) is 9.38 Å². The Labute approximate surface area is 161 Å². The van der Waals surface area contributed by atoms with Crippen molar-refractivity contribution in [2.45, 2.75) is 25.6 Å². The van der Waals surface area contributed by atoms with Gasteiger partial charge in [0.05, 0.1) is 18.7 Å². The van der Waals surface area contributed by atoms with Crippen molar-refractivity contribution in [1.29, 1.82) is 0 Å². The Kier molecular flexibility index (Phi) is 7.80. The van der Waals surface area contributed by atoms with E-state index in [2.05, 4.69) is 15.6 Å². The van der Waals surface area contributed by atoms with Crippen molar-refractivity contribution in [1.82, 2.24) is 10.6 Å². The largest absolute Gasteiger partial charge is 0.416 e. The molecule has 28 heavy (non-hydrogen) atoms. The molecular weight excluding hydrogens is 374 g/mol. The maximum absolute atomic E-state index is 13.2. The Morgan fingerprint density at radius 2 is 1.82 bits per heavy atom. The number of aliphatic imine (C=N–C) groups is 1. The minimum absolute atomic E-state index is 0.0907. The number of guanidine groups is 1. The minimum Gasteiger partial charge on any atom is -0.396 e. The molecule has 0 aliphatic heterocycles. The third-order valence-corrected chi connectivity index (χ3v) is 4.14. The highest BCUT2D eigenvalue weighted by molar-refractivity contribution is 5.79. The standard InChI is InChI=1S/C20H23F4N3O/c1-2-25-19(27-12-16(13-28)14-6-4-3-5-7-14)26-11-15-8-9-17(21)10-18(15)20(22,23)24/h3-10,16,28H,2,11-13H2,1H3,(H2,25,26,27). The zero-order chi connectivity index (χ0) is 20.6. The first-order chi connectivity index (χ1) is 13.3. The van der Waals surface area contributed by atoms with E-state index in [1.165, 1.54) is 0 Å². The summed E-state index contributed by atoms with van der Waals surface area (Å²) in [6.45, 7) is 2.33. The molecule has 0 amide bonds. The lowest BCUT2D eigenvalue weighted by Gasteiger charge is -2.18. The molecule has 1 unspecified atom stereocenters. The summed E-state index contributed by atoms with van der Waals surface area (Å²) in [7, 11) is 0. The van der Waals surface area contributed by atoms with E-state index in [9.17, 15) is 22.7 Å². The number of rotatable bonds is 7. The minimum atomic E-state index is -4.66. The Bertz CT molecular complexity index is 779. The molecule has 0 fully saturated rings. The van der Waals surface area contributed by atoms with E-state index in [-0.39, 0.29) is 24.6 Å². The number of aliphatic hydroxyl groups is 1. The van der Waals surface area contributed by atoms with Gasteiger partial charge in [-0.1, -0.05) is 36.4 Å². The summed E-state index contributed by atoms with van der Waals surface area (Å²) in [6, 6.07) is 11.9. The monoisotopic (exact) mass is 397 g/mol. The SMILES string of the molecule is CCNC(=NCc1ccc(F)cc1C(F)(F)F)NCC(CO)c1ccccc1. The molecule has 3 N–H and O–H groups in total. The first kappa shape index (κ1) is 21.7. The lowest BCUT2D eigenvalue weighted by atomic mass is 10.0. The van der Waals surface area contributed by atoms with Gasteiger partial charge in [-0.05, 0) is 30.2 Å². The predicted molar refractivity (Wildman–Crippen MR) is 100 cm³/mol. The molecule has 2 aromatic rings. The molecule has 0 aromatic heterocycles. The molecular formula is C20H23F4N3O. The van der Waals surface area contributed by atoms with E-state index < -0.39 is 17.6 Å². The summed E-state index contributed by atoms with van der Waals surface area (Å²) in [4.78, 5) is 4.18. The molecule has 1 atom stereocenters. The summed E-state index contributed by atoms with van der Waals surface area (Å²) in [5.74, 6) is -0.824. The number of halogens is 4. The second kappa shape index (κ2) is 10.1. The molecule has 8 heteroatoms. The van der Waals surface area contributed by atoms with Gasteiger partial charge in [-0.15, -0.1) is 0 Å². The lowest BCUT2D eigenvalue weighted by Crippen LogP contribution is -2.40. The van der Waals surface area contributed by atoms with Crippen LogP contribution in [0.5, 0.6) is 0 Å². The van der Waals surface area contributed by atoms with Gasteiger partial charge in [0.15, 0.2) is 5.96 Å². The van der Waals surface area contributed by atoms with Gasteiger partial charge in [0, 0.05) is 19.0 Å². The van der Waals surface area contributed by atoms with Gasteiger partial charge in [0.25, 0.3) is 0 Å². The predicted octanol–water partition coefficient (Wildman–Crippen LogP) is 3.68. The van der Waals surface area contributed by atoms with Crippen LogP contribution >= 0.6 is 0 Å². The number of alkyl halides is 3. The molecule has 2 aromatic carbocycles. The molecule has 152 valence electrons. The van der Waals surface area contributed by atoms with Gasteiger partial charge >= 0.3 is 6.18 Å². The maximum Gasteiger partial charge on any atom is 0.416 e. The van der Waals surface area contributed by atoms with Crippen molar-refractivity contribution in [3.8, 4) is 0 Å². The van der Waals surface area contributed by atoms with Crippen molar-refractivity contribution >= 4 is 5.96 Å². The van der Waals surface area contributed by atoms with Gasteiger partial charge in [0.1, 0.15) is 5.82 Å². The summed E-state index contributed by atoms with van der Waals surface area (Å²) in [5.41, 5.74) is -0.219. The number of nitrogens with one attached hydrogen (secondary N) is 2. The molecule has 0 aliphatic carbocycles. The van der Waals surface area contributed by atoms with E-state index in [4.69, 9.17) is 0 Å². The number of hydrogen-bond donors (Lipinski definition) is 3. The fraction of sp³-hybridized carbons (Fsp3) is 0.350. The first-order valence-electron chi connectivity index (χ1n) is 8.88. The van der Waals surface area contributed by atoms with Crippen LogP contribution in [0, 0.1) is 5.82 Å². The second-order valence-corrected chi connectivity index (χ2v) is 6.17. The fourth-order valence-corrected chi connectivity index (χ4v) is 2.69. The summed E-state index contributed by atoms with van der Waals surface area (Å²) in [5, 5.41) is 15.6. The maximum atomic E-state index is 13.2. The van der Waals surface area contributed by atoms with Gasteiger partial charge in [-0.2, -0.15) is 13.2 Å². The van der Waals surface area contributed by atoms with Crippen molar-refractivity contribution in [3.05, 3.63) is 71.0 Å². The van der Waals surface area contributed by atoms with Crippen LogP contribution in [0.3, 0.4) is 0 Å². The molecule has 0 aliphatic rings. The number of benzene rings is 2. The van der Waals surface area contributed by atoms with Gasteiger partial charge in [-0.3, -0.25) is 0 Å². The normalized spacial score (nSPS) is 13.3. The average molecular weight is 397 g/mol. The van der Waals surface area contributed by atoms with Crippen molar-refractivity contribution in [2.75, 3.05) is 19.7 Å². The lowest BCUT2D eigenvalue weighted by molar-refractivity contribution is -0.138. The van der Waals surface area contributed by atoms with Crippen LogP contribution in [0.25, 0.3) is 0 Å². The number of hydrogen-bond acceptors (Lipinski definition) is 2. The highest BCUT2D eigenvalue weighted by Crippen LogP contribution is 2.32. The Morgan fingerprint density at radius 3 is 2.43 bits per heavy atom. The van der Waals surface area contributed by atoms with Crippen LogP contribution in [0.4, 0.5) is 17.6 Å². The highest BCUT2D eigenvalue weighted by atomic mass is 19.4. The van der Waals surface area contributed by atoms with Crippen LogP contribution < -0.4 is 10.6 Å². The zero-order valence-corrected chi connectivity index (χ0v) is 15.4. The van der Waals surface area contributed by atoms with E-state index in [1.807, 2.05) is 37.3 Å². The third kappa shape index (κ3) is 6.23. The Balaban J connectivity index is 2.13. The van der Waals surface area contributed by atoms with E-state index in [0.29, 0.717) is 25.1 Å². The van der Waals surface area contributed by atoms with Gasteiger partial charge < -0.3 is 15.7 Å².